The number of carboxylic acids is 1. The number of carbonyl (C=O) groups is 1. The maximum Gasteiger partial charge on any atom is 0.303 e. The van der Waals surface area contributed by atoms with Crippen molar-refractivity contribution in [2.75, 3.05) is 0 Å². The van der Waals surface area contributed by atoms with Gasteiger partial charge in [0, 0.05) is 9.99 Å². The Morgan fingerprint density at radius 2 is 2.29 bits per heavy atom. The molecule has 5 nitrogen and oxygen atoms in total. The monoisotopic (exact) mass is 343 g/mol. The summed E-state index contributed by atoms with van der Waals surface area (Å²) in [6.45, 7) is 0. The van der Waals surface area contributed by atoms with E-state index in [1.54, 1.807) is 10.9 Å². The molecule has 1 heterocycles. The zero-order chi connectivity index (χ0) is 12.3. The molecule has 0 amide bonds. The van der Waals surface area contributed by atoms with E-state index >= 15 is 0 Å². The quantitative estimate of drug-likeness (QED) is 0.861. The number of carboxylic acid groups (broad SMARTS) is 1. The summed E-state index contributed by atoms with van der Waals surface area (Å²) in [5, 5.41) is 16.5. The molecule has 0 radical (unpaired) electrons. The van der Waals surface area contributed by atoms with Gasteiger partial charge in [0.25, 0.3) is 0 Å². The first-order chi connectivity index (χ1) is 8.15. The molecule has 88 valence electrons. The van der Waals surface area contributed by atoms with Crippen LogP contribution in [-0.4, -0.2) is 26.1 Å². The van der Waals surface area contributed by atoms with E-state index < -0.39 is 5.97 Å². The summed E-state index contributed by atoms with van der Waals surface area (Å²) in [6, 6.07) is 7.84. The van der Waals surface area contributed by atoms with Gasteiger partial charge in [-0.25, -0.2) is 4.68 Å². The van der Waals surface area contributed by atoms with Gasteiger partial charge in [-0.05, 0) is 40.8 Å². The summed E-state index contributed by atoms with van der Waals surface area (Å²) in [5.74, 6) is -0.825. The van der Waals surface area contributed by atoms with Gasteiger partial charge < -0.3 is 5.11 Å². The number of hydrogen-bond donors (Lipinski definition) is 1. The fraction of sp³-hybridized carbons (Fsp3) is 0.182. The van der Waals surface area contributed by atoms with Crippen LogP contribution in [0.25, 0.3) is 5.69 Å². The van der Waals surface area contributed by atoms with Crippen molar-refractivity contribution in [3.63, 3.8) is 0 Å². The molecule has 1 aromatic carbocycles. The fourth-order valence-electron chi connectivity index (χ4n) is 1.39. The van der Waals surface area contributed by atoms with Gasteiger partial charge in [-0.3, -0.25) is 4.79 Å². The van der Waals surface area contributed by atoms with Crippen molar-refractivity contribution in [3.8, 4) is 5.69 Å². The average Bonchev–Trinajstić information content (AvgIpc) is 2.75. The largest absolute Gasteiger partial charge is 0.481 e. The molecule has 2 rings (SSSR count). The van der Waals surface area contributed by atoms with Crippen molar-refractivity contribution in [2.24, 2.45) is 0 Å². The van der Waals surface area contributed by atoms with E-state index in [4.69, 9.17) is 5.11 Å². The molecule has 0 aliphatic carbocycles. The summed E-state index contributed by atoms with van der Waals surface area (Å²) < 4.78 is 2.77. The lowest BCUT2D eigenvalue weighted by molar-refractivity contribution is -0.136. The van der Waals surface area contributed by atoms with Crippen molar-refractivity contribution in [1.82, 2.24) is 15.0 Å². The smallest absolute Gasteiger partial charge is 0.303 e. The highest BCUT2D eigenvalue weighted by atomic mass is 127. The Kier molecular flexibility index (Phi) is 3.72. The minimum Gasteiger partial charge on any atom is -0.481 e. The first-order valence-corrected chi connectivity index (χ1v) is 6.12. The number of rotatable bonds is 4. The highest BCUT2D eigenvalue weighted by molar-refractivity contribution is 14.1. The predicted molar refractivity (Wildman–Crippen MR) is 70.0 cm³/mol. The van der Waals surface area contributed by atoms with Crippen LogP contribution in [0.3, 0.4) is 0 Å². The number of hydrogen-bond acceptors (Lipinski definition) is 3. The van der Waals surface area contributed by atoms with Crippen LogP contribution in [0.4, 0.5) is 0 Å². The molecule has 0 aliphatic heterocycles. The van der Waals surface area contributed by atoms with E-state index in [0.717, 1.165) is 9.26 Å². The molecule has 0 saturated carbocycles. The lowest BCUT2D eigenvalue weighted by Gasteiger charge is -1.99. The van der Waals surface area contributed by atoms with Crippen LogP contribution in [0.2, 0.25) is 0 Å². The zero-order valence-electron chi connectivity index (χ0n) is 8.88. The summed E-state index contributed by atoms with van der Waals surface area (Å²) in [7, 11) is 0. The molecule has 0 fully saturated rings. The second-order valence-electron chi connectivity index (χ2n) is 3.53. The van der Waals surface area contributed by atoms with E-state index in [1.807, 2.05) is 24.3 Å². The molecule has 0 spiro atoms. The van der Waals surface area contributed by atoms with E-state index in [9.17, 15) is 4.79 Å². The van der Waals surface area contributed by atoms with E-state index in [-0.39, 0.29) is 6.42 Å². The molecule has 6 heteroatoms. The first kappa shape index (κ1) is 12.0. The molecular formula is C11H10IN3O2. The third-order valence-electron chi connectivity index (χ3n) is 2.21. The third-order valence-corrected chi connectivity index (χ3v) is 2.88. The number of aliphatic carboxylic acids is 1. The van der Waals surface area contributed by atoms with Crippen LogP contribution in [0, 0.1) is 3.57 Å². The third kappa shape index (κ3) is 3.26. The second-order valence-corrected chi connectivity index (χ2v) is 4.77. The molecule has 0 unspecified atom stereocenters. The standard InChI is InChI=1S/C11H10IN3O2/c12-8-2-1-3-10(6-8)15-7-9(13-14-15)4-5-11(16)17/h1-3,6-7H,4-5H2,(H,16,17). The molecule has 0 atom stereocenters. The van der Waals surface area contributed by atoms with E-state index in [2.05, 4.69) is 32.9 Å². The van der Waals surface area contributed by atoms with Crippen molar-refractivity contribution in [1.29, 1.82) is 0 Å². The Bertz CT molecular complexity index is 539. The molecule has 0 bridgehead atoms. The van der Waals surface area contributed by atoms with E-state index in [1.165, 1.54) is 0 Å². The Balaban J connectivity index is 2.15. The lowest BCUT2D eigenvalue weighted by atomic mass is 10.2. The van der Waals surface area contributed by atoms with Crippen molar-refractivity contribution >= 4 is 28.6 Å². The van der Waals surface area contributed by atoms with Crippen LogP contribution in [0.1, 0.15) is 12.1 Å². The summed E-state index contributed by atoms with van der Waals surface area (Å²) in [4.78, 5) is 10.4. The number of benzene rings is 1. The van der Waals surface area contributed by atoms with Gasteiger partial charge in [-0.15, -0.1) is 5.10 Å². The number of nitrogens with zero attached hydrogens (tertiary/aromatic N) is 3. The number of aromatic nitrogens is 3. The van der Waals surface area contributed by atoms with E-state index in [0.29, 0.717) is 12.1 Å². The second kappa shape index (κ2) is 5.26. The van der Waals surface area contributed by atoms with Gasteiger partial charge in [0.05, 0.1) is 24.0 Å². The summed E-state index contributed by atoms with van der Waals surface area (Å²) in [6.07, 6.45) is 2.23. The van der Waals surface area contributed by atoms with Crippen molar-refractivity contribution < 1.29 is 9.90 Å². The average molecular weight is 343 g/mol. The van der Waals surface area contributed by atoms with Gasteiger partial charge in [0.2, 0.25) is 0 Å². The lowest BCUT2D eigenvalue weighted by Crippen LogP contribution is -1.97. The van der Waals surface area contributed by atoms with Gasteiger partial charge >= 0.3 is 5.97 Å². The SMILES string of the molecule is O=C(O)CCc1cn(-c2cccc(I)c2)nn1. The van der Waals surface area contributed by atoms with Crippen LogP contribution in [-0.2, 0) is 11.2 Å². The van der Waals surface area contributed by atoms with Gasteiger partial charge in [0.15, 0.2) is 0 Å². The summed E-state index contributed by atoms with van der Waals surface area (Å²) in [5.41, 5.74) is 1.61. The van der Waals surface area contributed by atoms with Gasteiger partial charge in [-0.2, -0.15) is 0 Å². The molecular weight excluding hydrogens is 333 g/mol. The van der Waals surface area contributed by atoms with Crippen LogP contribution in [0.5, 0.6) is 0 Å². The van der Waals surface area contributed by atoms with Crippen LogP contribution < -0.4 is 0 Å². The molecule has 17 heavy (non-hydrogen) atoms. The summed E-state index contributed by atoms with van der Waals surface area (Å²) >= 11 is 2.23. The highest BCUT2D eigenvalue weighted by Gasteiger charge is 2.05. The van der Waals surface area contributed by atoms with Gasteiger partial charge in [-0.1, -0.05) is 11.3 Å². The Labute approximate surface area is 112 Å². The normalized spacial score (nSPS) is 10.4. The topological polar surface area (TPSA) is 68.0 Å². The predicted octanol–water partition coefficient (Wildman–Crippen LogP) is 1.89. The number of halogens is 1. The van der Waals surface area contributed by atoms with Crippen molar-refractivity contribution in [2.45, 2.75) is 12.8 Å². The van der Waals surface area contributed by atoms with Crippen LogP contribution in [0.15, 0.2) is 30.5 Å². The number of aryl methyl sites for hydroxylation is 1. The van der Waals surface area contributed by atoms with Crippen molar-refractivity contribution in [3.05, 3.63) is 39.7 Å². The minimum atomic E-state index is -0.825. The zero-order valence-corrected chi connectivity index (χ0v) is 11.0. The molecule has 2 aromatic rings. The highest BCUT2D eigenvalue weighted by Crippen LogP contribution is 2.12. The maximum atomic E-state index is 10.4. The Morgan fingerprint density at radius 1 is 1.47 bits per heavy atom. The first-order valence-electron chi connectivity index (χ1n) is 5.04. The molecule has 0 aliphatic rings. The minimum absolute atomic E-state index is 0.0744. The molecule has 1 aromatic heterocycles. The molecule has 1 N–H and O–H groups in total. The van der Waals surface area contributed by atoms with Gasteiger partial charge in [0.1, 0.15) is 0 Å². The molecule has 0 saturated heterocycles. The Hall–Kier alpha value is -1.44. The maximum absolute atomic E-state index is 10.4. The fourth-order valence-corrected chi connectivity index (χ4v) is 1.92. The van der Waals surface area contributed by atoms with Crippen LogP contribution >= 0.6 is 22.6 Å². The Morgan fingerprint density at radius 3 is 3.00 bits per heavy atom.